The van der Waals surface area contributed by atoms with E-state index in [1.807, 2.05) is 26.8 Å². The molecule has 0 unspecified atom stereocenters. The fraction of sp³-hybridized carbons (Fsp3) is 0.527. The number of carbonyl (C=O) groups is 6. The minimum atomic E-state index is -4.83. The largest absolute Gasteiger partial charge is 1.00 e. The van der Waals surface area contributed by atoms with E-state index in [9.17, 15) is 54.7 Å². The maximum absolute atomic E-state index is 11.7. The van der Waals surface area contributed by atoms with Crippen LogP contribution in [0, 0.1) is 23.2 Å². The molecule has 0 saturated heterocycles. The van der Waals surface area contributed by atoms with Gasteiger partial charge in [-0.1, -0.05) is 14.9 Å². The van der Waals surface area contributed by atoms with Crippen LogP contribution in [-0.2, 0) is 74.2 Å². The molecule has 0 aliphatic heterocycles. The van der Waals surface area contributed by atoms with Gasteiger partial charge >= 0.3 is 102 Å². The zero-order chi connectivity index (χ0) is 76.5. The van der Waals surface area contributed by atoms with E-state index in [-0.39, 0.29) is 121 Å². The van der Waals surface area contributed by atoms with Crippen molar-refractivity contribution in [2.24, 2.45) is 0 Å². The molecule has 46 heteroatoms. The van der Waals surface area contributed by atoms with Crippen molar-refractivity contribution in [2.75, 3.05) is 38.8 Å². The Morgan fingerprint density at radius 2 is 0.960 bits per heavy atom. The van der Waals surface area contributed by atoms with Crippen LogP contribution in [0.2, 0.25) is 0 Å². The molecule has 0 aliphatic rings. The molecule has 101 heavy (non-hydrogen) atoms. The van der Waals surface area contributed by atoms with Crippen LogP contribution < -0.4 is 69.7 Å². The number of aliphatic hydroxyl groups is 2. The number of amides is 2. The number of aldehydes is 1. The smallest absolute Gasteiger partial charge is 1.00 e. The number of aromatic nitrogens is 6. The fourth-order valence-corrected chi connectivity index (χ4v) is 4.03. The van der Waals surface area contributed by atoms with Crippen LogP contribution in [0.25, 0.3) is 0 Å². The molecule has 2 amide bonds. The summed E-state index contributed by atoms with van der Waals surface area (Å²) in [6, 6.07) is 1.94. The number of oxazole rings is 6. The molecular formula is C55H82BCl5F7N10Na2O20S. The van der Waals surface area contributed by atoms with E-state index >= 15 is 0 Å². The van der Waals surface area contributed by atoms with Crippen LogP contribution in [0.4, 0.5) is 45.1 Å². The molecule has 0 aromatic carbocycles. The first kappa shape index (κ1) is 119. The fourth-order valence-electron chi connectivity index (χ4n) is 3.90. The molecule has 6 aromatic rings. The number of rotatable bonds is 11. The molecule has 0 spiro atoms. The molecule has 0 saturated carbocycles. The van der Waals surface area contributed by atoms with Gasteiger partial charge in [-0.2, -0.15) is 31.6 Å². The number of ether oxygens (including phenoxy) is 5. The monoisotopic (exact) mass is 1600 g/mol. The standard InChI is InChI=1S/C10H16N2O3.C10H18O5.C7H7F3N2O2.C6H7NO3.C5H4N2O.C4H4ClNO.C4H5NO2.C2HF3O.C2H6O.CH2Cl2.CH3F.CN.2CH4.B.Cl2OS.2Na.H/c1-10(2,3)15-9(13)12-5-4-8-6-11-7-14-8;1-9(2,3)14-7(11)13-8(12)15-10(4,5)6;8-7(9,10)6(13)12-2-1-5-3-11-4-14-5;1-2-9-6(8)5-3-7-4-10-5;6-2-1-5-3-7-4-8-5;5-1-4-2-6-3-7-4;6-2-4-1-5-3-7-4;3-2(4,5)1-6;1-2-3;2-1-3;2*1-2;;;;1-4(2)3;;;/h6-7H,4-5H2,1-3H3,(H,12,13);1-6H3;3-4H,1-2H2,(H,12,13);3-4H,2H2,1H3;3-4H,1H2;2-3H,1H2;1,3,6H,2H2;1H;3H,2H2,1H3;1H2;1H3;;2*1H4;;;;;/q;;;;;;;;;;;-1;;;;;2*+1;-1/i;;;;;;;;;;1D;;;;;;;;. The molecule has 6 aromatic heterocycles. The Morgan fingerprint density at radius 1 is 0.653 bits per heavy atom. The van der Waals surface area contributed by atoms with Crippen molar-refractivity contribution in [2.45, 2.75) is 152 Å². The topological polar surface area (TPSA) is 434 Å². The van der Waals surface area contributed by atoms with Gasteiger partial charge in [0.2, 0.25) is 21.3 Å². The first-order valence-electron chi connectivity index (χ1n) is 26.3. The van der Waals surface area contributed by atoms with Crippen LogP contribution in [0.3, 0.4) is 0 Å². The Balaban J connectivity index is -0.0000000799. The molecule has 6 heterocycles. The Labute approximate surface area is 655 Å². The van der Waals surface area contributed by atoms with Crippen LogP contribution in [0.15, 0.2) is 102 Å². The number of nitrogens with one attached hydrogen (secondary N) is 2. The second kappa shape index (κ2) is 76.6. The number of esters is 1. The summed E-state index contributed by atoms with van der Waals surface area (Å²) in [5.74, 6) is 1.12. The van der Waals surface area contributed by atoms with Gasteiger partial charge in [-0.3, -0.25) is 14.0 Å². The number of nitrogens with zero attached hydrogens (tertiary/aromatic N) is 8. The zero-order valence-corrected chi connectivity index (χ0v) is 64.2. The maximum atomic E-state index is 11.7. The van der Waals surface area contributed by atoms with Crippen LogP contribution >= 0.6 is 56.2 Å². The van der Waals surface area contributed by atoms with Gasteiger partial charge in [-0.25, -0.2) is 53.3 Å². The third-order valence-corrected chi connectivity index (χ3v) is 7.16. The van der Waals surface area contributed by atoms with E-state index in [1.165, 1.54) is 63.1 Å². The van der Waals surface area contributed by atoms with E-state index in [0.29, 0.717) is 54.9 Å². The summed E-state index contributed by atoms with van der Waals surface area (Å²) < 4.78 is 143. The van der Waals surface area contributed by atoms with E-state index in [1.54, 1.807) is 73.1 Å². The maximum Gasteiger partial charge on any atom is 1.00 e. The molecule has 3 radical (unpaired) electrons. The van der Waals surface area contributed by atoms with E-state index in [4.69, 9.17) is 104 Å². The summed E-state index contributed by atoms with van der Waals surface area (Å²) >= 11 is 14.9. The van der Waals surface area contributed by atoms with Crippen molar-refractivity contribution >= 4 is 110 Å². The average Bonchev–Trinajstić information content (AvgIpc) is 1.87. The van der Waals surface area contributed by atoms with Gasteiger partial charge < -0.3 is 84.3 Å². The van der Waals surface area contributed by atoms with Gasteiger partial charge in [0.15, 0.2) is 38.4 Å². The number of halogens is 12. The number of hydrogen-bond donors (Lipinski definition) is 4. The number of nitriles is 1. The van der Waals surface area contributed by atoms with Gasteiger partial charge in [0.25, 0.3) is 0 Å². The number of carbonyl (C=O) groups excluding carboxylic acids is 6. The second-order valence-electron chi connectivity index (χ2n) is 18.0. The third-order valence-electron chi connectivity index (χ3n) is 6.90. The summed E-state index contributed by atoms with van der Waals surface area (Å²) in [4.78, 5) is 84.7. The molecular weight excluding hydrogens is 1520 g/mol. The molecule has 4 N–H and O–H groups in total. The van der Waals surface area contributed by atoms with Gasteiger partial charge in [-0.05, 0) is 76.2 Å². The molecule has 0 aliphatic carbocycles. The first-order valence-corrected chi connectivity index (χ1v) is 30.0. The molecule has 0 fully saturated rings. The summed E-state index contributed by atoms with van der Waals surface area (Å²) in [6.07, 6.45) is 4.61. The van der Waals surface area contributed by atoms with Crippen LogP contribution in [0.1, 0.15) is 133 Å². The Kier molecular flexibility index (Phi) is 90.2. The molecule has 567 valence electrons. The zero-order valence-electron chi connectivity index (χ0n) is 57.6. The quantitative estimate of drug-likeness (QED) is 0.0112. The number of alkyl halides is 10. The SMILES string of the molecule is C.C.CC(C)(C)OC(=O)NCCc1cnco1.CC(C)(C)OC(=O)OC(=O)OC(C)(C)C.CCO.CCOC(=O)c1cnco1.ClCCl.ClCc1cnco1.N#CCc1cnco1.O=C(NCCc1cnco1)C(F)(F)F.O=CC(F)(F)F.O=S(Cl)Cl.OCc1cnco1.[2H]CF.[B].[C-]#N.[H-].[Na+].[Na+]. The number of aliphatic hydroxyl groups excluding tert-OH is 2. The van der Waals surface area contributed by atoms with Crippen molar-refractivity contribution in [3.05, 3.63) is 117 Å². The van der Waals surface area contributed by atoms with Gasteiger partial charge in [0.05, 0.1) is 76.0 Å². The first-order chi connectivity index (χ1) is 45.1. The van der Waals surface area contributed by atoms with Crippen molar-refractivity contribution in [1.82, 2.24) is 40.5 Å². The van der Waals surface area contributed by atoms with Gasteiger partial charge in [0.1, 0.15) is 52.2 Å². The predicted molar refractivity (Wildman–Crippen MR) is 348 cm³/mol. The van der Waals surface area contributed by atoms with E-state index in [0.717, 1.165) is 5.76 Å². The van der Waals surface area contributed by atoms with Crippen molar-refractivity contribution in [1.29, 1.82) is 10.5 Å². The van der Waals surface area contributed by atoms with Crippen molar-refractivity contribution in [3.8, 4) is 6.07 Å². The third kappa shape index (κ3) is 98.2. The normalized spacial score (nSPS) is 9.44. The number of hydrogen-bond acceptors (Lipinski definition) is 28. The van der Waals surface area contributed by atoms with Gasteiger partial charge in [0, 0.05) is 62.3 Å². The second-order valence-corrected chi connectivity index (χ2v) is 21.6. The molecule has 0 bridgehead atoms. The summed E-state index contributed by atoms with van der Waals surface area (Å²) in [5.41, 5.74) is -1.85. The summed E-state index contributed by atoms with van der Waals surface area (Å²) in [6.45, 7) is 24.5. The number of alkyl carbamates (subject to hydrolysis) is 1. The van der Waals surface area contributed by atoms with Crippen molar-refractivity contribution in [3.63, 3.8) is 0 Å². The van der Waals surface area contributed by atoms with Gasteiger partial charge in [-0.15, -0.1) is 34.8 Å². The summed E-state index contributed by atoms with van der Waals surface area (Å²) in [7, 11) is 6.36. The average molecular weight is 1600 g/mol. The summed E-state index contributed by atoms with van der Waals surface area (Å²) in [5, 5.41) is 34.7. The van der Waals surface area contributed by atoms with E-state index in [2.05, 4.69) is 74.9 Å². The molecule has 0 atom stereocenters. The Morgan fingerprint density at radius 3 is 1.20 bits per heavy atom. The van der Waals surface area contributed by atoms with Crippen LogP contribution in [-0.4, -0.2) is 157 Å². The predicted octanol–water partition coefficient (Wildman–Crippen LogP) is 7.59. The van der Waals surface area contributed by atoms with Crippen molar-refractivity contribution < 1.29 is 186 Å². The Bertz CT molecular complexity index is 2830. The van der Waals surface area contributed by atoms with E-state index < -0.39 is 82.1 Å². The minimum Gasteiger partial charge on any atom is -1.00 e. The van der Waals surface area contributed by atoms with Crippen LogP contribution in [0.5, 0.6) is 0 Å². The Hall–Kier alpha value is -6.05. The molecule has 30 nitrogen and oxygen atoms in total. The molecule has 6 rings (SSSR count). The minimum absolute atomic E-state index is 0.